The van der Waals surface area contributed by atoms with Gasteiger partial charge in [0.25, 0.3) is 0 Å². The summed E-state index contributed by atoms with van der Waals surface area (Å²) in [7, 11) is 0. The van der Waals surface area contributed by atoms with Gasteiger partial charge in [0.1, 0.15) is 5.82 Å². The smallest absolute Gasteiger partial charge is 0.383 e. The number of hydrogen-bond acceptors (Lipinski definition) is 4. The first-order chi connectivity index (χ1) is 13.0. The molecule has 0 amide bonds. The summed E-state index contributed by atoms with van der Waals surface area (Å²) in [4.78, 5) is 9.97. The van der Waals surface area contributed by atoms with Crippen LogP contribution in [-0.2, 0) is 12.7 Å². The van der Waals surface area contributed by atoms with E-state index in [0.717, 1.165) is 17.6 Å². The van der Waals surface area contributed by atoms with Gasteiger partial charge in [0.15, 0.2) is 0 Å². The molecule has 140 valence electrons. The molecule has 0 atom stereocenters. The highest BCUT2D eigenvalue weighted by atomic mass is 19.4. The van der Waals surface area contributed by atoms with E-state index in [4.69, 9.17) is 0 Å². The standard InChI is InChI=1S/C20H19F3N4/c21-20(22,23)17-14-24-11-9-18(17)25-12-13-27(19-8-4-5-10-26-19)15-16-6-2-1-3-7-16/h1-11,14H,12-13,15H2,(H,24,25). The number of anilines is 2. The Bertz CT molecular complexity index is 839. The van der Waals surface area contributed by atoms with Gasteiger partial charge in [-0.15, -0.1) is 0 Å². The Labute approximate surface area is 155 Å². The van der Waals surface area contributed by atoms with Gasteiger partial charge in [-0.05, 0) is 23.8 Å². The summed E-state index contributed by atoms with van der Waals surface area (Å²) in [5.74, 6) is 0.772. The molecule has 1 N–H and O–H groups in total. The van der Waals surface area contributed by atoms with Crippen LogP contribution in [0.5, 0.6) is 0 Å². The number of hydrogen-bond donors (Lipinski definition) is 1. The van der Waals surface area contributed by atoms with Crippen molar-refractivity contribution >= 4 is 11.5 Å². The Morgan fingerprint density at radius 2 is 1.70 bits per heavy atom. The fraction of sp³-hybridized carbons (Fsp3) is 0.200. The number of halogens is 3. The number of nitrogens with zero attached hydrogens (tertiary/aromatic N) is 3. The minimum atomic E-state index is -4.44. The van der Waals surface area contributed by atoms with Gasteiger partial charge in [-0.1, -0.05) is 36.4 Å². The first kappa shape index (κ1) is 18.7. The molecular formula is C20H19F3N4. The minimum absolute atomic E-state index is 0.0261. The summed E-state index contributed by atoms with van der Waals surface area (Å²) in [6.07, 6.45) is -0.562. The van der Waals surface area contributed by atoms with Crippen molar-refractivity contribution in [1.82, 2.24) is 9.97 Å². The van der Waals surface area contributed by atoms with Crippen LogP contribution < -0.4 is 10.2 Å². The Morgan fingerprint density at radius 3 is 2.41 bits per heavy atom. The summed E-state index contributed by atoms with van der Waals surface area (Å²) < 4.78 is 39.3. The quantitative estimate of drug-likeness (QED) is 0.657. The largest absolute Gasteiger partial charge is 0.419 e. The van der Waals surface area contributed by atoms with Gasteiger partial charge in [0.05, 0.1) is 5.56 Å². The van der Waals surface area contributed by atoms with E-state index in [-0.39, 0.29) is 5.69 Å². The van der Waals surface area contributed by atoms with E-state index in [1.54, 1.807) is 6.20 Å². The second kappa shape index (κ2) is 8.53. The topological polar surface area (TPSA) is 41.1 Å². The van der Waals surface area contributed by atoms with Crippen molar-refractivity contribution < 1.29 is 13.2 Å². The average molecular weight is 372 g/mol. The number of alkyl halides is 3. The number of benzene rings is 1. The average Bonchev–Trinajstić information content (AvgIpc) is 2.68. The van der Waals surface area contributed by atoms with E-state index in [9.17, 15) is 13.2 Å². The van der Waals surface area contributed by atoms with Crippen molar-refractivity contribution in [2.75, 3.05) is 23.3 Å². The Morgan fingerprint density at radius 1 is 0.926 bits per heavy atom. The summed E-state index contributed by atoms with van der Waals surface area (Å²) in [5.41, 5.74) is 0.360. The van der Waals surface area contributed by atoms with Crippen molar-refractivity contribution in [3.05, 3.63) is 84.3 Å². The summed E-state index contributed by atoms with van der Waals surface area (Å²) in [6.45, 7) is 1.43. The molecule has 27 heavy (non-hydrogen) atoms. The molecule has 0 aliphatic carbocycles. The zero-order chi connectivity index (χ0) is 19.1. The Kier molecular flexibility index (Phi) is 5.90. The minimum Gasteiger partial charge on any atom is -0.383 e. The molecule has 0 bridgehead atoms. The molecule has 4 nitrogen and oxygen atoms in total. The third kappa shape index (κ3) is 5.20. The first-order valence-electron chi connectivity index (χ1n) is 8.49. The lowest BCUT2D eigenvalue weighted by atomic mass is 10.2. The molecule has 0 spiro atoms. The van der Waals surface area contributed by atoms with Gasteiger partial charge in [-0.3, -0.25) is 4.98 Å². The highest BCUT2D eigenvalue weighted by Gasteiger charge is 2.33. The fourth-order valence-corrected chi connectivity index (χ4v) is 2.72. The SMILES string of the molecule is FC(F)(F)c1cnccc1NCCN(Cc1ccccc1)c1ccccn1. The van der Waals surface area contributed by atoms with Crippen molar-refractivity contribution in [1.29, 1.82) is 0 Å². The van der Waals surface area contributed by atoms with Gasteiger partial charge in [0, 0.05) is 43.9 Å². The molecule has 0 saturated heterocycles. The number of rotatable bonds is 7. The second-order valence-corrected chi connectivity index (χ2v) is 5.94. The molecule has 2 heterocycles. The number of nitrogens with one attached hydrogen (secondary N) is 1. The molecule has 0 unspecified atom stereocenters. The highest BCUT2D eigenvalue weighted by molar-refractivity contribution is 5.51. The van der Waals surface area contributed by atoms with Crippen molar-refractivity contribution in [2.24, 2.45) is 0 Å². The van der Waals surface area contributed by atoms with E-state index in [1.807, 2.05) is 53.4 Å². The first-order valence-corrected chi connectivity index (χ1v) is 8.49. The maximum absolute atomic E-state index is 13.1. The van der Waals surface area contributed by atoms with Crippen LogP contribution >= 0.6 is 0 Å². The molecule has 0 fully saturated rings. The molecular weight excluding hydrogens is 353 g/mol. The van der Waals surface area contributed by atoms with E-state index >= 15 is 0 Å². The van der Waals surface area contributed by atoms with E-state index < -0.39 is 11.7 Å². The summed E-state index contributed by atoms with van der Waals surface area (Å²) in [5, 5.41) is 2.88. The summed E-state index contributed by atoms with van der Waals surface area (Å²) in [6, 6.07) is 16.8. The van der Waals surface area contributed by atoms with Crippen LogP contribution in [0.15, 0.2) is 73.2 Å². The Balaban J connectivity index is 1.71. The van der Waals surface area contributed by atoms with Crippen molar-refractivity contribution in [2.45, 2.75) is 12.7 Å². The molecule has 3 aromatic rings. The molecule has 0 saturated carbocycles. The van der Waals surface area contributed by atoms with Crippen LogP contribution in [0.2, 0.25) is 0 Å². The van der Waals surface area contributed by atoms with Gasteiger partial charge in [-0.2, -0.15) is 13.2 Å². The highest BCUT2D eigenvalue weighted by Crippen LogP contribution is 2.33. The second-order valence-electron chi connectivity index (χ2n) is 5.94. The van der Waals surface area contributed by atoms with Crippen LogP contribution in [0, 0.1) is 0 Å². The Hall–Kier alpha value is -3.09. The molecule has 7 heteroatoms. The van der Waals surface area contributed by atoms with E-state index in [1.165, 1.54) is 12.3 Å². The lowest BCUT2D eigenvalue weighted by Gasteiger charge is -2.24. The predicted octanol–water partition coefficient (Wildman–Crippen LogP) is 4.61. The maximum atomic E-state index is 13.1. The molecule has 0 radical (unpaired) electrons. The third-order valence-corrected chi connectivity index (χ3v) is 4.01. The van der Waals surface area contributed by atoms with Gasteiger partial charge in [-0.25, -0.2) is 4.98 Å². The van der Waals surface area contributed by atoms with Crippen LogP contribution in [0.3, 0.4) is 0 Å². The predicted molar refractivity (Wildman–Crippen MR) is 99.5 cm³/mol. The maximum Gasteiger partial charge on any atom is 0.419 e. The fourth-order valence-electron chi connectivity index (χ4n) is 2.72. The number of aromatic nitrogens is 2. The van der Waals surface area contributed by atoms with Crippen LogP contribution in [0.4, 0.5) is 24.7 Å². The van der Waals surface area contributed by atoms with Gasteiger partial charge in [0.2, 0.25) is 0 Å². The molecule has 0 aliphatic heterocycles. The van der Waals surface area contributed by atoms with Gasteiger partial charge < -0.3 is 10.2 Å². The summed E-state index contributed by atoms with van der Waals surface area (Å²) >= 11 is 0. The van der Waals surface area contributed by atoms with Crippen LogP contribution in [0.1, 0.15) is 11.1 Å². The monoisotopic (exact) mass is 372 g/mol. The third-order valence-electron chi connectivity index (χ3n) is 4.01. The number of pyridine rings is 2. The molecule has 2 aromatic heterocycles. The van der Waals surface area contributed by atoms with Crippen LogP contribution in [-0.4, -0.2) is 23.1 Å². The molecule has 1 aromatic carbocycles. The zero-order valence-electron chi connectivity index (χ0n) is 14.5. The van der Waals surface area contributed by atoms with E-state index in [2.05, 4.69) is 15.3 Å². The molecule has 3 rings (SSSR count). The lowest BCUT2D eigenvalue weighted by molar-refractivity contribution is -0.137. The van der Waals surface area contributed by atoms with Crippen LogP contribution in [0.25, 0.3) is 0 Å². The van der Waals surface area contributed by atoms with Crippen molar-refractivity contribution in [3.63, 3.8) is 0 Å². The van der Waals surface area contributed by atoms with Crippen molar-refractivity contribution in [3.8, 4) is 0 Å². The zero-order valence-corrected chi connectivity index (χ0v) is 14.5. The normalized spacial score (nSPS) is 11.2. The lowest BCUT2D eigenvalue weighted by Crippen LogP contribution is -2.29. The van der Waals surface area contributed by atoms with Gasteiger partial charge >= 0.3 is 6.18 Å². The van der Waals surface area contributed by atoms with E-state index in [0.29, 0.717) is 19.6 Å². The molecule has 0 aliphatic rings.